The lowest BCUT2D eigenvalue weighted by Crippen LogP contribution is -2.42. The van der Waals surface area contributed by atoms with E-state index in [1.165, 1.54) is 0 Å². The number of carbonyl (C=O) groups is 1. The fourth-order valence-corrected chi connectivity index (χ4v) is 3.15. The molecule has 0 radical (unpaired) electrons. The van der Waals surface area contributed by atoms with Crippen molar-refractivity contribution < 1.29 is 9.90 Å². The molecule has 1 aliphatic carbocycles. The van der Waals surface area contributed by atoms with E-state index in [0.717, 1.165) is 23.3 Å². The second-order valence-corrected chi connectivity index (χ2v) is 5.76. The number of carbonyl (C=O) groups excluding carboxylic acids is 1. The van der Waals surface area contributed by atoms with Gasteiger partial charge in [-0.25, -0.2) is 0 Å². The minimum absolute atomic E-state index is 0.00951. The van der Waals surface area contributed by atoms with E-state index < -0.39 is 0 Å². The molecule has 2 heterocycles. The van der Waals surface area contributed by atoms with Crippen LogP contribution in [-0.4, -0.2) is 35.0 Å². The van der Waals surface area contributed by atoms with Crippen molar-refractivity contribution in [1.29, 1.82) is 0 Å². The van der Waals surface area contributed by atoms with E-state index in [1.54, 1.807) is 6.08 Å². The maximum atomic E-state index is 12.2. The molecular weight excluding hydrogens is 252 g/mol. The predicted molar refractivity (Wildman–Crippen MR) is 77.9 cm³/mol. The number of nitrogens with one attached hydrogen (secondary N) is 1. The third kappa shape index (κ3) is 1.79. The van der Waals surface area contributed by atoms with Crippen LogP contribution in [0.25, 0.3) is 0 Å². The lowest BCUT2D eigenvalue weighted by Gasteiger charge is -2.37. The average Bonchev–Trinajstić information content (AvgIpc) is 2.77. The third-order valence-corrected chi connectivity index (χ3v) is 4.54. The number of nitrogens with zero attached hydrogens (tertiary/aromatic N) is 1. The van der Waals surface area contributed by atoms with Crippen LogP contribution in [0.1, 0.15) is 20.3 Å². The number of rotatable bonds is 2. The van der Waals surface area contributed by atoms with Gasteiger partial charge in [0.05, 0.1) is 17.7 Å². The number of fused-ring (bicyclic) bond motifs is 1. The molecule has 0 aromatic rings. The minimum Gasteiger partial charge on any atom is -0.508 e. The summed E-state index contributed by atoms with van der Waals surface area (Å²) in [5.74, 6) is 0.677. The van der Waals surface area contributed by atoms with Crippen molar-refractivity contribution in [3.05, 3.63) is 46.9 Å². The molecule has 0 spiro atoms. The Hall–Kier alpha value is -1.97. The van der Waals surface area contributed by atoms with Crippen molar-refractivity contribution in [2.75, 3.05) is 7.05 Å². The van der Waals surface area contributed by atoms with Gasteiger partial charge in [0.25, 0.3) is 5.91 Å². The molecule has 1 amide bonds. The second-order valence-electron chi connectivity index (χ2n) is 5.76. The SMILES string of the molecule is CCC(C)C1NC(=O)C2=C1N(C)C1C=C(O)C=CC1=C2. The Morgan fingerprint density at radius 3 is 2.90 bits per heavy atom. The Morgan fingerprint density at radius 1 is 1.45 bits per heavy atom. The molecule has 0 saturated carbocycles. The summed E-state index contributed by atoms with van der Waals surface area (Å²) in [6, 6.07) is 0.0738. The van der Waals surface area contributed by atoms with Crippen molar-refractivity contribution in [2.45, 2.75) is 32.4 Å². The first-order valence-corrected chi connectivity index (χ1v) is 7.11. The van der Waals surface area contributed by atoms with Gasteiger partial charge in [0.2, 0.25) is 0 Å². The summed E-state index contributed by atoms with van der Waals surface area (Å²) in [6.07, 6.45) is 8.34. The van der Waals surface area contributed by atoms with Gasteiger partial charge in [-0.1, -0.05) is 26.3 Å². The molecule has 0 bridgehead atoms. The molecule has 0 saturated heterocycles. The van der Waals surface area contributed by atoms with Gasteiger partial charge in [-0.3, -0.25) is 4.79 Å². The molecule has 3 aliphatic rings. The monoisotopic (exact) mass is 272 g/mol. The highest BCUT2D eigenvalue weighted by molar-refractivity contribution is 6.01. The van der Waals surface area contributed by atoms with E-state index in [4.69, 9.17) is 0 Å². The second kappa shape index (κ2) is 4.54. The van der Waals surface area contributed by atoms with Crippen LogP contribution in [0.5, 0.6) is 0 Å². The smallest absolute Gasteiger partial charge is 0.253 e. The Labute approximate surface area is 119 Å². The molecule has 20 heavy (non-hydrogen) atoms. The quantitative estimate of drug-likeness (QED) is 0.809. The van der Waals surface area contributed by atoms with Crippen LogP contribution in [-0.2, 0) is 4.79 Å². The molecule has 2 aliphatic heterocycles. The maximum Gasteiger partial charge on any atom is 0.253 e. The standard InChI is InChI=1S/C16H20N2O2/c1-4-9(2)14-15-12(16(20)17-14)7-10-5-6-11(19)8-13(10)18(15)3/h5-9,13-14,19H,4H2,1-3H3,(H,17,20). The average molecular weight is 272 g/mol. The zero-order valence-corrected chi connectivity index (χ0v) is 12.1. The normalized spacial score (nSPS) is 29.6. The number of likely N-dealkylation sites (N-methyl/N-ethyl adjacent to an activating group) is 1. The van der Waals surface area contributed by atoms with E-state index in [1.807, 2.05) is 25.3 Å². The minimum atomic E-state index is 0.00951. The van der Waals surface area contributed by atoms with E-state index in [-0.39, 0.29) is 23.8 Å². The van der Waals surface area contributed by atoms with E-state index in [0.29, 0.717) is 5.92 Å². The third-order valence-electron chi connectivity index (χ3n) is 4.54. The topological polar surface area (TPSA) is 52.6 Å². The summed E-state index contributed by atoms with van der Waals surface area (Å²) < 4.78 is 0. The van der Waals surface area contributed by atoms with E-state index in [2.05, 4.69) is 24.1 Å². The molecule has 0 aromatic carbocycles. The lowest BCUT2D eigenvalue weighted by atomic mass is 9.88. The molecule has 0 aromatic heterocycles. The highest BCUT2D eigenvalue weighted by Crippen LogP contribution is 2.36. The molecule has 3 unspecified atom stereocenters. The van der Waals surface area contributed by atoms with E-state index >= 15 is 0 Å². The van der Waals surface area contributed by atoms with Crippen LogP contribution < -0.4 is 5.32 Å². The number of aliphatic hydroxyl groups excluding tert-OH is 1. The van der Waals surface area contributed by atoms with Gasteiger partial charge < -0.3 is 15.3 Å². The summed E-state index contributed by atoms with van der Waals surface area (Å²) in [7, 11) is 1.99. The van der Waals surface area contributed by atoms with Gasteiger partial charge in [0, 0.05) is 12.7 Å². The Balaban J connectivity index is 2.05. The van der Waals surface area contributed by atoms with Crippen molar-refractivity contribution in [3.63, 3.8) is 0 Å². The number of hydrogen-bond acceptors (Lipinski definition) is 3. The molecule has 3 rings (SSSR count). The Bertz CT molecular complexity index is 583. The van der Waals surface area contributed by atoms with Gasteiger partial charge >= 0.3 is 0 Å². The fraction of sp³-hybridized carbons (Fsp3) is 0.438. The van der Waals surface area contributed by atoms with Gasteiger partial charge in [-0.15, -0.1) is 0 Å². The van der Waals surface area contributed by atoms with Crippen LogP contribution in [0.4, 0.5) is 0 Å². The molecule has 4 nitrogen and oxygen atoms in total. The number of hydrogen-bond donors (Lipinski definition) is 2. The molecule has 0 fully saturated rings. The first kappa shape index (κ1) is 13.0. The zero-order valence-electron chi connectivity index (χ0n) is 12.1. The maximum absolute atomic E-state index is 12.2. The fourth-order valence-electron chi connectivity index (χ4n) is 3.15. The Kier molecular flexibility index (Phi) is 2.96. The first-order valence-electron chi connectivity index (χ1n) is 7.11. The zero-order chi connectivity index (χ0) is 14.4. The van der Waals surface area contributed by atoms with Crippen LogP contribution >= 0.6 is 0 Å². The molecular formula is C16H20N2O2. The number of allylic oxidation sites excluding steroid dienone is 1. The number of amides is 1. The van der Waals surface area contributed by atoms with Gasteiger partial charge in [-0.05, 0) is 29.7 Å². The van der Waals surface area contributed by atoms with Crippen molar-refractivity contribution >= 4 is 5.91 Å². The van der Waals surface area contributed by atoms with Crippen LogP contribution in [0, 0.1) is 5.92 Å². The summed E-state index contributed by atoms with van der Waals surface area (Å²) >= 11 is 0. The van der Waals surface area contributed by atoms with Crippen LogP contribution in [0.2, 0.25) is 0 Å². The summed E-state index contributed by atoms with van der Waals surface area (Å²) in [4.78, 5) is 14.3. The Morgan fingerprint density at radius 2 is 2.20 bits per heavy atom. The van der Waals surface area contributed by atoms with Crippen molar-refractivity contribution in [1.82, 2.24) is 10.2 Å². The van der Waals surface area contributed by atoms with E-state index in [9.17, 15) is 9.90 Å². The molecule has 106 valence electrons. The highest BCUT2D eigenvalue weighted by Gasteiger charge is 2.40. The van der Waals surface area contributed by atoms with Gasteiger partial charge in [0.15, 0.2) is 0 Å². The first-order chi connectivity index (χ1) is 9.52. The summed E-state index contributed by atoms with van der Waals surface area (Å²) in [5.41, 5.74) is 2.87. The summed E-state index contributed by atoms with van der Waals surface area (Å²) in [6.45, 7) is 4.29. The van der Waals surface area contributed by atoms with Crippen LogP contribution in [0.3, 0.4) is 0 Å². The predicted octanol–water partition coefficient (Wildman–Crippen LogP) is 2.04. The van der Waals surface area contributed by atoms with Crippen molar-refractivity contribution in [3.8, 4) is 0 Å². The molecule has 4 heteroatoms. The highest BCUT2D eigenvalue weighted by atomic mass is 16.3. The summed E-state index contributed by atoms with van der Waals surface area (Å²) in [5, 5.41) is 12.8. The van der Waals surface area contributed by atoms with Gasteiger partial charge in [-0.2, -0.15) is 0 Å². The largest absolute Gasteiger partial charge is 0.508 e. The number of aliphatic hydroxyl groups is 1. The van der Waals surface area contributed by atoms with Gasteiger partial charge in [0.1, 0.15) is 5.76 Å². The lowest BCUT2D eigenvalue weighted by molar-refractivity contribution is -0.117. The molecule has 2 N–H and O–H groups in total. The molecule has 3 atom stereocenters. The van der Waals surface area contributed by atoms with Crippen LogP contribution in [0.15, 0.2) is 46.9 Å². The van der Waals surface area contributed by atoms with Crippen molar-refractivity contribution in [2.24, 2.45) is 5.92 Å².